The average Bonchev–Trinajstić information content (AvgIpc) is 2.98. The molecule has 2 rings (SSSR count). The maximum Gasteiger partial charge on any atom is 0.255 e. The minimum atomic E-state index is 0.0237. The highest BCUT2D eigenvalue weighted by Gasteiger charge is 2.25. The molecular formula is C15H19N3O. The molecule has 0 atom stereocenters. The maximum absolute atomic E-state index is 12.5. The molecule has 1 heterocycles. The van der Waals surface area contributed by atoms with Crippen molar-refractivity contribution in [3.05, 3.63) is 29.6 Å². The topological polar surface area (TPSA) is 59.2 Å². The number of nitrogens with two attached hydrogens (primary N) is 1. The highest BCUT2D eigenvalue weighted by Crippen LogP contribution is 2.24. The van der Waals surface area contributed by atoms with Crippen molar-refractivity contribution in [1.82, 2.24) is 9.88 Å². The first kappa shape index (κ1) is 13.6. The van der Waals surface area contributed by atoms with E-state index in [1.165, 1.54) is 12.8 Å². The Morgan fingerprint density at radius 3 is 2.95 bits per heavy atom. The fourth-order valence-electron chi connectivity index (χ4n) is 2.47. The summed E-state index contributed by atoms with van der Waals surface area (Å²) < 4.78 is 0. The summed E-state index contributed by atoms with van der Waals surface area (Å²) in [5, 5.41) is 0. The number of amides is 1. The summed E-state index contributed by atoms with van der Waals surface area (Å²) in [4.78, 5) is 18.4. The van der Waals surface area contributed by atoms with Crippen molar-refractivity contribution in [2.75, 3.05) is 13.6 Å². The molecular weight excluding hydrogens is 238 g/mol. The molecule has 4 nitrogen and oxygen atoms in total. The molecule has 0 spiro atoms. The third kappa shape index (κ3) is 3.12. The van der Waals surface area contributed by atoms with E-state index in [0.717, 1.165) is 12.8 Å². The first-order chi connectivity index (χ1) is 9.24. The number of carbonyl (C=O) groups is 1. The smallest absolute Gasteiger partial charge is 0.255 e. The maximum atomic E-state index is 12.5. The van der Waals surface area contributed by atoms with Gasteiger partial charge in [-0.3, -0.25) is 9.78 Å². The monoisotopic (exact) mass is 257 g/mol. The van der Waals surface area contributed by atoms with Crippen LogP contribution in [0.25, 0.3) is 0 Å². The summed E-state index contributed by atoms with van der Waals surface area (Å²) in [7, 11) is 1.87. The lowest BCUT2D eigenvalue weighted by Crippen LogP contribution is -2.35. The van der Waals surface area contributed by atoms with Gasteiger partial charge in [0.1, 0.15) is 0 Å². The van der Waals surface area contributed by atoms with E-state index in [2.05, 4.69) is 16.8 Å². The minimum Gasteiger partial charge on any atom is -0.339 e. The molecule has 1 aliphatic carbocycles. The molecule has 1 amide bonds. The van der Waals surface area contributed by atoms with Gasteiger partial charge in [0.05, 0.1) is 17.7 Å². The molecule has 19 heavy (non-hydrogen) atoms. The number of pyridine rings is 1. The second kappa shape index (κ2) is 6.35. The molecule has 1 saturated carbocycles. The number of hydrogen-bond donors (Lipinski definition) is 1. The standard InChI is InChI=1S/C15H19N3O/c1-18(13-6-2-3-7-13)15(19)14-8-10-17-11-12(14)5-4-9-16/h8,10-11,13H,2-3,6-7,9,16H2,1H3. The van der Waals surface area contributed by atoms with Gasteiger partial charge in [-0.15, -0.1) is 0 Å². The van der Waals surface area contributed by atoms with E-state index in [9.17, 15) is 4.79 Å². The van der Waals surface area contributed by atoms with Gasteiger partial charge in [-0.2, -0.15) is 0 Å². The van der Waals surface area contributed by atoms with Crippen molar-refractivity contribution in [2.24, 2.45) is 5.73 Å². The second-order valence-corrected chi connectivity index (χ2v) is 4.78. The van der Waals surface area contributed by atoms with E-state index in [4.69, 9.17) is 5.73 Å². The summed E-state index contributed by atoms with van der Waals surface area (Å²) in [5.41, 5.74) is 6.64. The molecule has 0 aromatic carbocycles. The van der Waals surface area contributed by atoms with Crippen molar-refractivity contribution < 1.29 is 4.79 Å². The summed E-state index contributed by atoms with van der Waals surface area (Å²) in [5.74, 6) is 5.71. The first-order valence-corrected chi connectivity index (χ1v) is 6.64. The molecule has 100 valence electrons. The highest BCUT2D eigenvalue weighted by atomic mass is 16.2. The zero-order valence-electron chi connectivity index (χ0n) is 11.2. The Morgan fingerprint density at radius 1 is 1.53 bits per heavy atom. The Bertz CT molecular complexity index is 510. The fourth-order valence-corrected chi connectivity index (χ4v) is 2.47. The number of aromatic nitrogens is 1. The van der Waals surface area contributed by atoms with Gasteiger partial charge in [0.25, 0.3) is 5.91 Å². The van der Waals surface area contributed by atoms with E-state index in [1.807, 2.05) is 11.9 Å². The van der Waals surface area contributed by atoms with Crippen LogP contribution in [-0.2, 0) is 0 Å². The minimum absolute atomic E-state index is 0.0237. The SMILES string of the molecule is CN(C(=O)c1ccncc1C#CCN)C1CCCC1. The molecule has 0 bridgehead atoms. The van der Waals surface area contributed by atoms with Crippen molar-refractivity contribution in [2.45, 2.75) is 31.7 Å². The summed E-state index contributed by atoms with van der Waals surface area (Å²) in [6.07, 6.45) is 7.85. The third-order valence-corrected chi connectivity index (χ3v) is 3.57. The zero-order valence-corrected chi connectivity index (χ0v) is 11.2. The van der Waals surface area contributed by atoms with E-state index in [0.29, 0.717) is 17.2 Å². The van der Waals surface area contributed by atoms with Gasteiger partial charge in [-0.1, -0.05) is 24.7 Å². The number of carbonyl (C=O) groups excluding carboxylic acids is 1. The van der Waals surface area contributed by atoms with Crippen LogP contribution >= 0.6 is 0 Å². The van der Waals surface area contributed by atoms with Gasteiger partial charge in [0, 0.05) is 25.5 Å². The van der Waals surface area contributed by atoms with Crippen LogP contribution < -0.4 is 5.73 Å². The summed E-state index contributed by atoms with van der Waals surface area (Å²) in [6, 6.07) is 2.09. The Kier molecular flexibility index (Phi) is 4.53. The van der Waals surface area contributed by atoms with Crippen LogP contribution in [0.2, 0.25) is 0 Å². The van der Waals surface area contributed by atoms with Crippen LogP contribution in [-0.4, -0.2) is 35.4 Å². The highest BCUT2D eigenvalue weighted by molar-refractivity contribution is 5.96. The van der Waals surface area contributed by atoms with Gasteiger partial charge >= 0.3 is 0 Å². The molecule has 2 N–H and O–H groups in total. The molecule has 1 aromatic heterocycles. The number of hydrogen-bond acceptors (Lipinski definition) is 3. The predicted octanol–water partition coefficient (Wildman–Crippen LogP) is 1.41. The molecule has 1 aliphatic rings. The first-order valence-electron chi connectivity index (χ1n) is 6.64. The Labute approximate surface area is 114 Å². The van der Waals surface area contributed by atoms with Crippen LogP contribution in [0.15, 0.2) is 18.5 Å². The van der Waals surface area contributed by atoms with Crippen molar-refractivity contribution >= 4 is 5.91 Å². The lowest BCUT2D eigenvalue weighted by atomic mass is 10.1. The quantitative estimate of drug-likeness (QED) is 0.815. The Morgan fingerprint density at radius 2 is 2.26 bits per heavy atom. The van der Waals surface area contributed by atoms with Crippen LogP contribution in [0.1, 0.15) is 41.6 Å². The van der Waals surface area contributed by atoms with Gasteiger partial charge in [-0.25, -0.2) is 0 Å². The van der Waals surface area contributed by atoms with E-state index >= 15 is 0 Å². The zero-order chi connectivity index (χ0) is 13.7. The van der Waals surface area contributed by atoms with Crippen molar-refractivity contribution in [1.29, 1.82) is 0 Å². The molecule has 0 unspecified atom stereocenters. The fraction of sp³-hybridized carbons (Fsp3) is 0.467. The van der Waals surface area contributed by atoms with Gasteiger partial charge < -0.3 is 10.6 Å². The van der Waals surface area contributed by atoms with Crippen molar-refractivity contribution in [3.63, 3.8) is 0 Å². The largest absolute Gasteiger partial charge is 0.339 e. The predicted molar refractivity (Wildman–Crippen MR) is 74.5 cm³/mol. The number of rotatable bonds is 2. The van der Waals surface area contributed by atoms with Crippen molar-refractivity contribution in [3.8, 4) is 11.8 Å². The summed E-state index contributed by atoms with van der Waals surface area (Å²) in [6.45, 7) is 0.279. The summed E-state index contributed by atoms with van der Waals surface area (Å²) >= 11 is 0. The molecule has 0 aliphatic heterocycles. The Hall–Kier alpha value is -1.86. The van der Waals surface area contributed by atoms with Crippen LogP contribution in [0.4, 0.5) is 0 Å². The molecule has 0 radical (unpaired) electrons. The lowest BCUT2D eigenvalue weighted by Gasteiger charge is -2.24. The van der Waals surface area contributed by atoms with E-state index in [1.54, 1.807) is 18.5 Å². The van der Waals surface area contributed by atoms with Crippen LogP contribution in [0.5, 0.6) is 0 Å². The molecule has 1 aromatic rings. The van der Waals surface area contributed by atoms with Gasteiger partial charge in [-0.05, 0) is 18.9 Å². The lowest BCUT2D eigenvalue weighted by molar-refractivity contribution is 0.0735. The van der Waals surface area contributed by atoms with Gasteiger partial charge in [0.2, 0.25) is 0 Å². The van der Waals surface area contributed by atoms with E-state index < -0.39 is 0 Å². The molecule has 1 fully saturated rings. The van der Waals surface area contributed by atoms with Crippen LogP contribution in [0.3, 0.4) is 0 Å². The normalized spacial score (nSPS) is 14.8. The van der Waals surface area contributed by atoms with E-state index in [-0.39, 0.29) is 12.5 Å². The second-order valence-electron chi connectivity index (χ2n) is 4.78. The Balaban J connectivity index is 2.22. The number of nitrogens with zero attached hydrogens (tertiary/aromatic N) is 2. The third-order valence-electron chi connectivity index (χ3n) is 3.57. The van der Waals surface area contributed by atoms with Crippen LogP contribution in [0, 0.1) is 11.8 Å². The molecule has 4 heteroatoms. The molecule has 0 saturated heterocycles. The van der Waals surface area contributed by atoms with Gasteiger partial charge in [0.15, 0.2) is 0 Å². The average molecular weight is 257 g/mol.